The lowest BCUT2D eigenvalue weighted by molar-refractivity contribution is -0.149. The summed E-state index contributed by atoms with van der Waals surface area (Å²) in [5.41, 5.74) is 3.29. The maximum Gasteiger partial charge on any atom is 0.509 e. The Kier molecular flexibility index (Phi) is 5.00. The van der Waals surface area contributed by atoms with E-state index in [2.05, 4.69) is 9.72 Å². The molecule has 0 unspecified atom stereocenters. The SMILES string of the molecule is CC(C)(C)OC(=O)O[C@H]1[C@@H](CO)O[C@@H](n2ccc(N)nc2=O)C1(F)F. The van der Waals surface area contributed by atoms with E-state index in [1.165, 1.54) is 20.8 Å². The van der Waals surface area contributed by atoms with Crippen LogP contribution in [0.5, 0.6) is 0 Å². The second-order valence-electron chi connectivity index (χ2n) is 6.43. The number of nitrogen functional groups attached to an aromatic ring is 1. The zero-order chi connectivity index (χ0) is 19.0. The van der Waals surface area contributed by atoms with E-state index in [1.807, 2.05) is 0 Å². The molecular formula is C14H19F2N3O6. The van der Waals surface area contributed by atoms with Crippen molar-refractivity contribution in [3.63, 3.8) is 0 Å². The number of alkyl halides is 2. The third-order valence-corrected chi connectivity index (χ3v) is 3.25. The Balaban J connectivity index is 2.29. The van der Waals surface area contributed by atoms with Crippen molar-refractivity contribution in [2.75, 3.05) is 12.3 Å². The van der Waals surface area contributed by atoms with Crippen molar-refractivity contribution in [3.8, 4) is 0 Å². The molecule has 25 heavy (non-hydrogen) atoms. The molecule has 0 bridgehead atoms. The monoisotopic (exact) mass is 363 g/mol. The average molecular weight is 363 g/mol. The molecule has 0 aromatic carbocycles. The summed E-state index contributed by atoms with van der Waals surface area (Å²) in [5, 5.41) is 9.28. The third-order valence-electron chi connectivity index (χ3n) is 3.25. The summed E-state index contributed by atoms with van der Waals surface area (Å²) in [7, 11) is 0. The van der Waals surface area contributed by atoms with E-state index in [9.17, 15) is 23.5 Å². The molecule has 3 atom stereocenters. The van der Waals surface area contributed by atoms with E-state index in [1.54, 1.807) is 0 Å². The Labute approximate surface area is 141 Å². The number of hydrogen-bond acceptors (Lipinski definition) is 8. The van der Waals surface area contributed by atoms with Gasteiger partial charge < -0.3 is 25.1 Å². The molecule has 9 nitrogen and oxygen atoms in total. The van der Waals surface area contributed by atoms with Gasteiger partial charge >= 0.3 is 17.8 Å². The molecule has 2 rings (SSSR count). The molecule has 0 amide bonds. The summed E-state index contributed by atoms with van der Waals surface area (Å²) in [5.74, 6) is -3.98. The second-order valence-corrected chi connectivity index (χ2v) is 6.43. The average Bonchev–Trinajstić information content (AvgIpc) is 2.69. The lowest BCUT2D eigenvalue weighted by Gasteiger charge is -2.25. The largest absolute Gasteiger partial charge is 0.509 e. The number of nitrogens with zero attached hydrogens (tertiary/aromatic N) is 2. The van der Waals surface area contributed by atoms with E-state index in [-0.39, 0.29) is 5.82 Å². The van der Waals surface area contributed by atoms with Crippen molar-refractivity contribution in [2.45, 2.75) is 50.7 Å². The first-order chi connectivity index (χ1) is 11.5. The lowest BCUT2D eigenvalue weighted by atomic mass is 10.1. The predicted octanol–water partition coefficient (Wildman–Crippen LogP) is 0.671. The molecule has 140 valence electrons. The van der Waals surface area contributed by atoms with Crippen LogP contribution in [-0.4, -0.2) is 51.2 Å². The van der Waals surface area contributed by atoms with Crippen molar-refractivity contribution >= 4 is 12.0 Å². The van der Waals surface area contributed by atoms with Gasteiger partial charge in [-0.2, -0.15) is 13.8 Å². The molecule has 1 aliphatic rings. The van der Waals surface area contributed by atoms with Crippen molar-refractivity contribution in [1.29, 1.82) is 0 Å². The van der Waals surface area contributed by atoms with Crippen LogP contribution in [0.15, 0.2) is 17.1 Å². The fraction of sp³-hybridized carbons (Fsp3) is 0.643. The molecule has 1 aromatic heterocycles. The van der Waals surface area contributed by atoms with Gasteiger partial charge in [-0.25, -0.2) is 9.59 Å². The molecule has 11 heteroatoms. The molecule has 3 N–H and O–H groups in total. The van der Waals surface area contributed by atoms with Crippen molar-refractivity contribution in [3.05, 3.63) is 22.7 Å². The quantitative estimate of drug-likeness (QED) is 0.751. The van der Waals surface area contributed by atoms with Crippen LogP contribution in [0.4, 0.5) is 19.4 Å². The molecule has 0 radical (unpaired) electrons. The normalized spacial score (nSPS) is 25.6. The molecule has 0 spiro atoms. The summed E-state index contributed by atoms with van der Waals surface area (Å²) >= 11 is 0. The van der Waals surface area contributed by atoms with Gasteiger partial charge in [-0.1, -0.05) is 0 Å². The minimum Gasteiger partial charge on any atom is -0.429 e. The molecule has 1 saturated heterocycles. The zero-order valence-electron chi connectivity index (χ0n) is 13.8. The third kappa shape index (κ3) is 4.04. The number of ether oxygens (including phenoxy) is 3. The van der Waals surface area contributed by atoms with Crippen LogP contribution in [0.25, 0.3) is 0 Å². The smallest absolute Gasteiger partial charge is 0.429 e. The van der Waals surface area contributed by atoms with E-state index < -0.39 is 48.4 Å². The van der Waals surface area contributed by atoms with Gasteiger partial charge in [0.1, 0.15) is 17.5 Å². The molecule has 1 aromatic rings. The van der Waals surface area contributed by atoms with Crippen molar-refractivity contribution < 1.29 is 32.9 Å². The first kappa shape index (κ1) is 19.1. The number of aromatic nitrogens is 2. The Morgan fingerprint density at radius 1 is 1.52 bits per heavy atom. The van der Waals surface area contributed by atoms with Gasteiger partial charge in [0.2, 0.25) is 12.3 Å². The van der Waals surface area contributed by atoms with E-state index in [4.69, 9.17) is 15.2 Å². The number of carbonyl (C=O) groups is 1. The first-order valence-corrected chi connectivity index (χ1v) is 7.34. The van der Waals surface area contributed by atoms with Gasteiger partial charge in [0.25, 0.3) is 0 Å². The summed E-state index contributed by atoms with van der Waals surface area (Å²) < 4.78 is 44.4. The van der Waals surface area contributed by atoms with Gasteiger partial charge in [0.05, 0.1) is 6.61 Å². The number of rotatable bonds is 3. The van der Waals surface area contributed by atoms with Gasteiger partial charge in [0, 0.05) is 6.20 Å². The van der Waals surface area contributed by atoms with E-state index >= 15 is 0 Å². The standard InChI is InChI=1S/C14H19F2N3O6/c1-13(2,3)25-12(22)24-9-7(6-20)23-10(14(9,15)16)19-5-4-8(17)18-11(19)21/h4-5,7,9-10,20H,6H2,1-3H3,(H2,17,18,21)/t7-,9+,10-/m1/s1. The van der Waals surface area contributed by atoms with Crippen LogP contribution in [0, 0.1) is 0 Å². The first-order valence-electron chi connectivity index (χ1n) is 7.34. The zero-order valence-corrected chi connectivity index (χ0v) is 13.8. The van der Waals surface area contributed by atoms with Crippen molar-refractivity contribution in [2.24, 2.45) is 0 Å². The molecule has 0 saturated carbocycles. The van der Waals surface area contributed by atoms with Crippen LogP contribution in [0.1, 0.15) is 27.0 Å². The highest BCUT2D eigenvalue weighted by atomic mass is 19.3. The molecule has 2 heterocycles. The van der Waals surface area contributed by atoms with Crippen molar-refractivity contribution in [1.82, 2.24) is 9.55 Å². The predicted molar refractivity (Wildman–Crippen MR) is 80.0 cm³/mol. The van der Waals surface area contributed by atoms with Crippen LogP contribution >= 0.6 is 0 Å². The number of carbonyl (C=O) groups excluding carboxylic acids is 1. The summed E-state index contributed by atoms with van der Waals surface area (Å²) in [6, 6.07) is 1.14. The maximum absolute atomic E-state index is 14.7. The Bertz CT molecular complexity index is 703. The van der Waals surface area contributed by atoms with Gasteiger partial charge in [0.15, 0.2) is 0 Å². The molecule has 1 aliphatic heterocycles. The summed E-state index contributed by atoms with van der Waals surface area (Å²) in [6.07, 6.45) is -6.20. The number of aliphatic hydroxyl groups is 1. The highest BCUT2D eigenvalue weighted by molar-refractivity contribution is 5.61. The van der Waals surface area contributed by atoms with Gasteiger partial charge in [-0.05, 0) is 26.8 Å². The Hall–Kier alpha value is -2.27. The molecular weight excluding hydrogens is 344 g/mol. The Morgan fingerprint density at radius 2 is 2.16 bits per heavy atom. The van der Waals surface area contributed by atoms with Gasteiger partial charge in [-0.15, -0.1) is 0 Å². The van der Waals surface area contributed by atoms with Crippen LogP contribution in [-0.2, 0) is 14.2 Å². The minimum atomic E-state index is -3.83. The fourth-order valence-corrected chi connectivity index (χ4v) is 2.24. The molecule has 1 fully saturated rings. The minimum absolute atomic E-state index is 0.150. The van der Waals surface area contributed by atoms with Crippen LogP contribution in [0.3, 0.4) is 0 Å². The molecule has 0 aliphatic carbocycles. The number of nitrogens with two attached hydrogens (primary N) is 1. The highest BCUT2D eigenvalue weighted by Crippen LogP contribution is 2.44. The number of halogens is 2. The number of aliphatic hydroxyl groups excluding tert-OH is 1. The summed E-state index contributed by atoms with van der Waals surface area (Å²) in [6.45, 7) is 3.73. The second kappa shape index (κ2) is 6.56. The highest BCUT2D eigenvalue weighted by Gasteiger charge is 2.62. The fourth-order valence-electron chi connectivity index (χ4n) is 2.24. The van der Waals surface area contributed by atoms with E-state index in [0.717, 1.165) is 12.3 Å². The number of hydrogen-bond donors (Lipinski definition) is 2. The van der Waals surface area contributed by atoms with Gasteiger partial charge in [-0.3, -0.25) is 4.57 Å². The Morgan fingerprint density at radius 3 is 2.68 bits per heavy atom. The lowest BCUT2D eigenvalue weighted by Crippen LogP contribution is -2.45. The summed E-state index contributed by atoms with van der Waals surface area (Å²) in [4.78, 5) is 26.8. The topological polar surface area (TPSA) is 126 Å². The number of anilines is 1. The van der Waals surface area contributed by atoms with E-state index in [0.29, 0.717) is 4.57 Å². The maximum atomic E-state index is 14.7. The van der Waals surface area contributed by atoms with Crippen LogP contribution in [0.2, 0.25) is 0 Å². The van der Waals surface area contributed by atoms with Crippen LogP contribution < -0.4 is 11.4 Å².